The summed E-state index contributed by atoms with van der Waals surface area (Å²) in [6, 6.07) is 0. The van der Waals surface area contributed by atoms with E-state index in [0.717, 1.165) is 29.9 Å². The van der Waals surface area contributed by atoms with Crippen LogP contribution in [-0.4, -0.2) is 5.97 Å². The number of fused-ring (bicyclic) bond motifs is 4. The van der Waals surface area contributed by atoms with Crippen molar-refractivity contribution >= 4 is 5.97 Å². The SMILES string of the molecule is CC(C)CCC[C@@H](C)[C@H]1CC[C@H]2C3=C(CC[C@]12C)C1CCCCC1C(=O)O3. The van der Waals surface area contributed by atoms with Crippen LogP contribution in [0.4, 0.5) is 0 Å². The Kier molecular flexibility index (Phi) is 5.47. The first-order valence-corrected chi connectivity index (χ1v) is 11.9. The van der Waals surface area contributed by atoms with Crippen LogP contribution in [0.5, 0.6) is 0 Å². The van der Waals surface area contributed by atoms with Crippen LogP contribution in [0.25, 0.3) is 0 Å². The molecule has 0 bridgehead atoms. The van der Waals surface area contributed by atoms with Gasteiger partial charge < -0.3 is 4.74 Å². The predicted molar refractivity (Wildman–Crippen MR) is 110 cm³/mol. The standard InChI is InChI=1S/C25H40O2/c1-16(2)8-7-9-17(3)21-12-13-22-23-19(14-15-25(21,22)4)18-10-5-6-11-20(18)24(26)27-23/h16-18,20-22H,5-15H2,1-4H3/t17-,18?,20?,21-,22+,25-/m1/s1. The zero-order valence-electron chi connectivity index (χ0n) is 18.1. The molecule has 0 saturated heterocycles. The molecule has 0 N–H and O–H groups in total. The normalized spacial score (nSPS) is 39.7. The first kappa shape index (κ1) is 19.5. The topological polar surface area (TPSA) is 26.3 Å². The van der Waals surface area contributed by atoms with Gasteiger partial charge in [-0.25, -0.2) is 0 Å². The Morgan fingerprint density at radius 1 is 1.04 bits per heavy atom. The second kappa shape index (κ2) is 7.56. The molecule has 0 aromatic rings. The Morgan fingerprint density at radius 2 is 1.78 bits per heavy atom. The number of hydrogen-bond acceptors (Lipinski definition) is 2. The average Bonchev–Trinajstić information content (AvgIpc) is 2.99. The largest absolute Gasteiger partial charge is 0.431 e. The van der Waals surface area contributed by atoms with Gasteiger partial charge in [-0.2, -0.15) is 0 Å². The van der Waals surface area contributed by atoms with Crippen molar-refractivity contribution in [3.05, 3.63) is 11.3 Å². The minimum absolute atomic E-state index is 0.108. The van der Waals surface area contributed by atoms with Gasteiger partial charge in [0.15, 0.2) is 0 Å². The molecule has 2 heteroatoms. The lowest BCUT2D eigenvalue weighted by Crippen LogP contribution is -2.43. The van der Waals surface area contributed by atoms with Crippen molar-refractivity contribution in [2.45, 2.75) is 98.3 Å². The van der Waals surface area contributed by atoms with Gasteiger partial charge in [-0.3, -0.25) is 4.79 Å². The van der Waals surface area contributed by atoms with E-state index in [1.165, 1.54) is 64.2 Å². The van der Waals surface area contributed by atoms with E-state index in [-0.39, 0.29) is 11.9 Å². The number of esters is 1. The van der Waals surface area contributed by atoms with Crippen molar-refractivity contribution in [3.8, 4) is 0 Å². The fraction of sp³-hybridized carbons (Fsp3) is 0.880. The molecule has 0 spiro atoms. The first-order chi connectivity index (χ1) is 12.9. The van der Waals surface area contributed by atoms with Gasteiger partial charge in [-0.05, 0) is 73.2 Å². The zero-order chi connectivity index (χ0) is 19.2. The fourth-order valence-corrected chi connectivity index (χ4v) is 7.31. The van der Waals surface area contributed by atoms with Crippen molar-refractivity contribution < 1.29 is 9.53 Å². The van der Waals surface area contributed by atoms with Crippen LogP contribution in [0.15, 0.2) is 11.3 Å². The fourth-order valence-electron chi connectivity index (χ4n) is 7.31. The lowest BCUT2D eigenvalue weighted by atomic mass is 9.59. The summed E-state index contributed by atoms with van der Waals surface area (Å²) in [5.74, 6) is 4.87. The maximum atomic E-state index is 12.7. The van der Waals surface area contributed by atoms with Gasteiger partial charge in [-0.15, -0.1) is 0 Å². The summed E-state index contributed by atoms with van der Waals surface area (Å²) >= 11 is 0. The molecule has 0 radical (unpaired) electrons. The van der Waals surface area contributed by atoms with Crippen molar-refractivity contribution in [3.63, 3.8) is 0 Å². The van der Waals surface area contributed by atoms with Gasteiger partial charge in [0, 0.05) is 5.92 Å². The van der Waals surface area contributed by atoms with Crippen molar-refractivity contribution in [2.75, 3.05) is 0 Å². The molecule has 0 amide bonds. The van der Waals surface area contributed by atoms with Crippen molar-refractivity contribution in [1.29, 1.82) is 0 Å². The first-order valence-electron chi connectivity index (χ1n) is 11.9. The molecule has 0 aromatic carbocycles. The average molecular weight is 373 g/mol. The van der Waals surface area contributed by atoms with E-state index in [9.17, 15) is 4.79 Å². The number of ether oxygens (including phenoxy) is 1. The maximum absolute atomic E-state index is 12.7. The zero-order valence-corrected chi connectivity index (χ0v) is 18.1. The molecule has 2 saturated carbocycles. The number of allylic oxidation sites excluding steroid dienone is 2. The molecule has 1 aliphatic heterocycles. The second-order valence-electron chi connectivity index (χ2n) is 10.9. The molecule has 1 heterocycles. The van der Waals surface area contributed by atoms with Gasteiger partial charge in [0.25, 0.3) is 0 Å². The molecule has 0 aromatic heterocycles. The van der Waals surface area contributed by atoms with E-state index in [1.54, 1.807) is 5.57 Å². The number of rotatable bonds is 5. The van der Waals surface area contributed by atoms with Gasteiger partial charge in [0.2, 0.25) is 0 Å². The molecule has 152 valence electrons. The minimum Gasteiger partial charge on any atom is -0.431 e. The molecule has 4 aliphatic rings. The number of carbonyl (C=O) groups excluding carboxylic acids is 1. The van der Waals surface area contributed by atoms with Gasteiger partial charge in [-0.1, -0.05) is 59.8 Å². The highest BCUT2D eigenvalue weighted by atomic mass is 16.5. The lowest BCUT2D eigenvalue weighted by Gasteiger charge is -2.48. The quantitative estimate of drug-likeness (QED) is 0.491. The summed E-state index contributed by atoms with van der Waals surface area (Å²) in [7, 11) is 0. The van der Waals surface area contributed by atoms with Crippen molar-refractivity contribution in [1.82, 2.24) is 0 Å². The summed E-state index contributed by atoms with van der Waals surface area (Å²) in [6.45, 7) is 9.69. The summed E-state index contributed by atoms with van der Waals surface area (Å²) in [5, 5.41) is 0. The summed E-state index contributed by atoms with van der Waals surface area (Å²) in [5.41, 5.74) is 1.91. The number of carbonyl (C=O) groups is 1. The van der Waals surface area contributed by atoms with Gasteiger partial charge in [0.05, 0.1) is 5.92 Å². The van der Waals surface area contributed by atoms with E-state index in [0.29, 0.717) is 17.3 Å². The minimum atomic E-state index is 0.108. The van der Waals surface area contributed by atoms with E-state index >= 15 is 0 Å². The second-order valence-corrected chi connectivity index (χ2v) is 10.9. The molecule has 2 fully saturated rings. The summed E-state index contributed by atoms with van der Waals surface area (Å²) in [6.07, 6.45) is 13.9. The van der Waals surface area contributed by atoms with Gasteiger partial charge in [0.1, 0.15) is 5.76 Å². The molecule has 2 nitrogen and oxygen atoms in total. The van der Waals surface area contributed by atoms with E-state index in [2.05, 4.69) is 27.7 Å². The van der Waals surface area contributed by atoms with E-state index < -0.39 is 0 Å². The van der Waals surface area contributed by atoms with Gasteiger partial charge >= 0.3 is 5.97 Å². The smallest absolute Gasteiger partial charge is 0.314 e. The number of hydrogen-bond donors (Lipinski definition) is 0. The van der Waals surface area contributed by atoms with Crippen molar-refractivity contribution in [2.24, 2.45) is 40.9 Å². The Morgan fingerprint density at radius 3 is 2.52 bits per heavy atom. The Bertz CT molecular complexity index is 603. The Hall–Kier alpha value is -0.790. The van der Waals surface area contributed by atoms with Crippen LogP contribution in [0.1, 0.15) is 98.3 Å². The molecule has 4 rings (SSSR count). The molecular weight excluding hydrogens is 332 g/mol. The third-order valence-corrected chi connectivity index (χ3v) is 8.83. The molecular formula is C25H40O2. The van der Waals surface area contributed by atoms with E-state index in [4.69, 9.17) is 4.74 Å². The lowest BCUT2D eigenvalue weighted by molar-refractivity contribution is -0.152. The van der Waals surface area contributed by atoms with Crippen LogP contribution in [-0.2, 0) is 9.53 Å². The highest BCUT2D eigenvalue weighted by Gasteiger charge is 2.55. The highest BCUT2D eigenvalue weighted by molar-refractivity contribution is 5.76. The van der Waals surface area contributed by atoms with Crippen LogP contribution in [0.3, 0.4) is 0 Å². The Labute approximate surface area is 166 Å². The van der Waals surface area contributed by atoms with Crippen LogP contribution >= 0.6 is 0 Å². The molecule has 3 aliphatic carbocycles. The third-order valence-electron chi connectivity index (χ3n) is 8.83. The highest BCUT2D eigenvalue weighted by Crippen LogP contribution is 2.62. The van der Waals surface area contributed by atoms with Crippen LogP contribution in [0.2, 0.25) is 0 Å². The predicted octanol–water partition coefficient (Wildman–Crippen LogP) is 6.89. The van der Waals surface area contributed by atoms with Crippen LogP contribution in [0, 0.1) is 40.9 Å². The summed E-state index contributed by atoms with van der Waals surface area (Å²) < 4.78 is 6.12. The maximum Gasteiger partial charge on any atom is 0.314 e. The van der Waals surface area contributed by atoms with E-state index in [1.807, 2.05) is 0 Å². The van der Waals surface area contributed by atoms with Crippen LogP contribution < -0.4 is 0 Å². The third kappa shape index (κ3) is 3.40. The molecule has 6 atom stereocenters. The monoisotopic (exact) mass is 372 g/mol. The summed E-state index contributed by atoms with van der Waals surface area (Å²) in [4.78, 5) is 12.7. The molecule has 27 heavy (non-hydrogen) atoms. The molecule has 2 unspecified atom stereocenters. The Balaban J connectivity index is 1.52.